The van der Waals surface area contributed by atoms with Gasteiger partial charge in [0.2, 0.25) is 5.91 Å². The Morgan fingerprint density at radius 2 is 1.47 bits per heavy atom. The van der Waals surface area contributed by atoms with Crippen LogP contribution in [0.3, 0.4) is 0 Å². The molecule has 0 fully saturated rings. The summed E-state index contributed by atoms with van der Waals surface area (Å²) in [5.74, 6) is -3.16. The highest BCUT2D eigenvalue weighted by Crippen LogP contribution is 2.21. The number of alkyl halides is 3. The highest BCUT2D eigenvalue weighted by Gasteiger charge is 2.38. The van der Waals surface area contributed by atoms with E-state index in [0.717, 1.165) is 30.6 Å². The second-order valence-electron chi connectivity index (χ2n) is 6.86. The van der Waals surface area contributed by atoms with Crippen molar-refractivity contribution in [2.75, 3.05) is 6.54 Å². The number of primary amides is 1. The van der Waals surface area contributed by atoms with Crippen molar-refractivity contribution in [2.45, 2.75) is 19.1 Å². The summed E-state index contributed by atoms with van der Waals surface area (Å²) in [5, 5.41) is 10.6. The van der Waals surface area contributed by atoms with Crippen LogP contribution in [0.25, 0.3) is 11.1 Å². The minimum absolute atomic E-state index is 0.402. The molecule has 8 heteroatoms. The molecule has 0 bridgehead atoms. The van der Waals surface area contributed by atoms with Gasteiger partial charge in [-0.2, -0.15) is 13.2 Å². The molecule has 32 heavy (non-hydrogen) atoms. The van der Waals surface area contributed by atoms with E-state index in [9.17, 15) is 18.0 Å². The molecule has 3 aromatic carbocycles. The molecule has 0 spiro atoms. The number of rotatable bonds is 7. The number of amides is 1. The molecule has 168 valence electrons. The van der Waals surface area contributed by atoms with Crippen molar-refractivity contribution in [3.05, 3.63) is 95.6 Å². The van der Waals surface area contributed by atoms with Crippen LogP contribution in [0.1, 0.15) is 21.5 Å². The van der Waals surface area contributed by atoms with E-state index in [0.29, 0.717) is 5.56 Å². The van der Waals surface area contributed by atoms with E-state index in [1.165, 1.54) is 11.1 Å². The van der Waals surface area contributed by atoms with E-state index in [4.69, 9.17) is 15.6 Å². The molecule has 0 atom stereocenters. The van der Waals surface area contributed by atoms with Crippen LogP contribution in [0.15, 0.2) is 78.9 Å². The van der Waals surface area contributed by atoms with E-state index in [1.807, 2.05) is 24.3 Å². The van der Waals surface area contributed by atoms with Gasteiger partial charge in [0.25, 0.3) is 0 Å². The summed E-state index contributed by atoms with van der Waals surface area (Å²) < 4.78 is 31.7. The molecular formula is C24H23F3N2O3. The second kappa shape index (κ2) is 11.7. The van der Waals surface area contributed by atoms with Crippen LogP contribution in [-0.4, -0.2) is 29.7 Å². The van der Waals surface area contributed by atoms with Gasteiger partial charge in [-0.05, 0) is 47.4 Å². The lowest BCUT2D eigenvalue weighted by Crippen LogP contribution is -2.21. The maximum absolute atomic E-state index is 11.3. The average Bonchev–Trinajstić information content (AvgIpc) is 2.78. The van der Waals surface area contributed by atoms with Crippen molar-refractivity contribution >= 4 is 11.9 Å². The predicted molar refractivity (Wildman–Crippen MR) is 116 cm³/mol. The number of halogens is 3. The fraction of sp³-hybridized carbons (Fsp3) is 0.167. The minimum Gasteiger partial charge on any atom is -0.475 e. The zero-order valence-corrected chi connectivity index (χ0v) is 17.1. The van der Waals surface area contributed by atoms with E-state index in [1.54, 1.807) is 6.07 Å². The molecule has 0 unspecified atom stereocenters. The molecule has 0 heterocycles. The smallest absolute Gasteiger partial charge is 0.475 e. The van der Waals surface area contributed by atoms with Gasteiger partial charge in [0.05, 0.1) is 0 Å². The fourth-order valence-electron chi connectivity index (χ4n) is 2.78. The van der Waals surface area contributed by atoms with Crippen LogP contribution in [0.2, 0.25) is 0 Å². The number of hydrogen-bond acceptors (Lipinski definition) is 3. The van der Waals surface area contributed by atoms with Crippen molar-refractivity contribution in [1.29, 1.82) is 0 Å². The molecule has 0 saturated heterocycles. The highest BCUT2D eigenvalue weighted by atomic mass is 19.4. The van der Waals surface area contributed by atoms with Crippen molar-refractivity contribution in [3.63, 3.8) is 0 Å². The lowest BCUT2D eigenvalue weighted by molar-refractivity contribution is -0.192. The number of carboxylic acids is 1. The van der Waals surface area contributed by atoms with Crippen molar-refractivity contribution < 1.29 is 27.9 Å². The van der Waals surface area contributed by atoms with Crippen LogP contribution in [0.5, 0.6) is 0 Å². The van der Waals surface area contributed by atoms with Crippen LogP contribution >= 0.6 is 0 Å². The van der Waals surface area contributed by atoms with Gasteiger partial charge in [-0.1, -0.05) is 66.7 Å². The molecule has 0 aromatic heterocycles. The Kier molecular flexibility index (Phi) is 8.97. The quantitative estimate of drug-likeness (QED) is 0.471. The first-order chi connectivity index (χ1) is 15.2. The molecule has 0 saturated carbocycles. The number of carbonyl (C=O) groups excluding carboxylic acids is 1. The van der Waals surface area contributed by atoms with Crippen LogP contribution in [0.4, 0.5) is 13.2 Å². The third-order valence-electron chi connectivity index (χ3n) is 4.44. The van der Waals surface area contributed by atoms with E-state index >= 15 is 0 Å². The predicted octanol–water partition coefficient (Wildman–Crippen LogP) is 4.42. The Hall–Kier alpha value is -3.65. The lowest BCUT2D eigenvalue weighted by Gasteiger charge is -2.07. The summed E-state index contributed by atoms with van der Waals surface area (Å²) in [6, 6.07) is 26.3. The lowest BCUT2D eigenvalue weighted by atomic mass is 10.0. The van der Waals surface area contributed by atoms with Gasteiger partial charge in [-0.25, -0.2) is 4.79 Å². The van der Waals surface area contributed by atoms with Gasteiger partial charge in [-0.3, -0.25) is 4.79 Å². The van der Waals surface area contributed by atoms with Gasteiger partial charge in [-0.15, -0.1) is 0 Å². The van der Waals surface area contributed by atoms with Gasteiger partial charge in [0.15, 0.2) is 0 Å². The van der Waals surface area contributed by atoms with Gasteiger partial charge < -0.3 is 16.2 Å². The number of aliphatic carboxylic acids is 1. The fourth-order valence-corrected chi connectivity index (χ4v) is 2.78. The SMILES string of the molecule is NC(=O)c1cccc(-c2ccc(CNCCc3ccccc3)cc2)c1.O=C(O)C(F)(F)F. The topological polar surface area (TPSA) is 92.4 Å². The van der Waals surface area contributed by atoms with Gasteiger partial charge in [0, 0.05) is 12.1 Å². The molecule has 5 nitrogen and oxygen atoms in total. The number of nitrogens with one attached hydrogen (secondary N) is 1. The van der Waals surface area contributed by atoms with Crippen molar-refractivity contribution in [2.24, 2.45) is 5.73 Å². The standard InChI is InChI=1S/C22H22N2O.C2HF3O2/c23-22(25)21-8-4-7-20(15-21)19-11-9-18(10-12-19)16-24-14-13-17-5-2-1-3-6-17;3-2(4,5)1(6)7/h1-12,15,24H,13-14,16H2,(H2,23,25);(H,6,7). The summed E-state index contributed by atoms with van der Waals surface area (Å²) >= 11 is 0. The van der Waals surface area contributed by atoms with E-state index < -0.39 is 18.1 Å². The minimum atomic E-state index is -5.08. The van der Waals surface area contributed by atoms with Crippen LogP contribution in [0, 0.1) is 0 Å². The molecular weight excluding hydrogens is 421 g/mol. The number of benzene rings is 3. The zero-order valence-electron chi connectivity index (χ0n) is 17.1. The van der Waals surface area contributed by atoms with Crippen LogP contribution in [-0.2, 0) is 17.8 Å². The Morgan fingerprint density at radius 3 is 2.03 bits per heavy atom. The average molecular weight is 444 g/mol. The van der Waals surface area contributed by atoms with Crippen molar-refractivity contribution in [1.82, 2.24) is 5.32 Å². The molecule has 0 aliphatic rings. The largest absolute Gasteiger partial charge is 0.490 e. The number of nitrogens with two attached hydrogens (primary N) is 1. The molecule has 3 aromatic rings. The molecule has 4 N–H and O–H groups in total. The monoisotopic (exact) mass is 444 g/mol. The third-order valence-corrected chi connectivity index (χ3v) is 4.44. The summed E-state index contributed by atoms with van der Waals surface area (Å²) in [7, 11) is 0. The first-order valence-corrected chi connectivity index (χ1v) is 9.71. The third kappa shape index (κ3) is 8.23. The Bertz CT molecular complexity index is 1020. The van der Waals surface area contributed by atoms with Gasteiger partial charge >= 0.3 is 12.1 Å². The molecule has 0 radical (unpaired) electrons. The van der Waals surface area contributed by atoms with E-state index in [2.05, 4.69) is 53.8 Å². The summed E-state index contributed by atoms with van der Waals surface area (Å²) in [4.78, 5) is 20.2. The molecule has 0 aliphatic heterocycles. The number of carbonyl (C=O) groups is 2. The summed E-state index contributed by atoms with van der Waals surface area (Å²) in [5.41, 5.74) is 10.5. The van der Waals surface area contributed by atoms with Gasteiger partial charge in [0.1, 0.15) is 0 Å². The normalized spacial score (nSPS) is 10.7. The molecule has 3 rings (SSSR count). The van der Waals surface area contributed by atoms with E-state index in [-0.39, 0.29) is 0 Å². The van der Waals surface area contributed by atoms with Crippen LogP contribution < -0.4 is 11.1 Å². The molecule has 0 aliphatic carbocycles. The maximum Gasteiger partial charge on any atom is 0.490 e. The van der Waals surface area contributed by atoms with Crippen molar-refractivity contribution in [3.8, 4) is 11.1 Å². The Labute approximate surface area is 183 Å². The summed E-state index contributed by atoms with van der Waals surface area (Å²) in [6.07, 6.45) is -4.06. The summed E-state index contributed by atoms with van der Waals surface area (Å²) in [6.45, 7) is 1.79. The zero-order chi connectivity index (χ0) is 23.6. The second-order valence-corrected chi connectivity index (χ2v) is 6.86. The first-order valence-electron chi connectivity index (χ1n) is 9.71. The highest BCUT2D eigenvalue weighted by molar-refractivity contribution is 5.94. The first kappa shape index (κ1) is 24.6. The number of hydrogen-bond donors (Lipinski definition) is 3. The number of carboxylic acid groups (broad SMARTS) is 1. The Balaban J connectivity index is 0.000000451. The Morgan fingerprint density at radius 1 is 0.844 bits per heavy atom. The molecule has 1 amide bonds. The maximum atomic E-state index is 11.3.